The minimum atomic E-state index is -2.35. The van der Waals surface area contributed by atoms with E-state index < -0.39 is 46.3 Å². The summed E-state index contributed by atoms with van der Waals surface area (Å²) in [5.74, 6) is -13.2. The number of carboxylic acid groups (broad SMARTS) is 1. The lowest BCUT2D eigenvalue weighted by Crippen LogP contribution is -2.21. The van der Waals surface area contributed by atoms with Crippen molar-refractivity contribution >= 4 is 59.7 Å². The van der Waals surface area contributed by atoms with Gasteiger partial charge in [-0.05, 0) is 44.0 Å². The van der Waals surface area contributed by atoms with E-state index in [-0.39, 0.29) is 14.7 Å². The molecule has 25 heavy (non-hydrogen) atoms. The van der Waals surface area contributed by atoms with Crippen LogP contribution in [0.3, 0.4) is 0 Å². The second-order valence-electron chi connectivity index (χ2n) is 4.40. The van der Waals surface area contributed by atoms with Crippen LogP contribution < -0.4 is 4.74 Å². The topological polar surface area (TPSA) is 63.6 Å². The van der Waals surface area contributed by atoms with Crippen molar-refractivity contribution in [3.05, 3.63) is 59.9 Å². The molecule has 0 fully saturated rings. The lowest BCUT2D eigenvalue weighted by atomic mass is 10.1. The molecule has 0 atom stereocenters. The van der Waals surface area contributed by atoms with Gasteiger partial charge in [-0.1, -0.05) is 15.9 Å². The van der Waals surface area contributed by atoms with Gasteiger partial charge in [0.1, 0.15) is 11.1 Å². The number of carbonyl (C=O) groups is 2. The third kappa shape index (κ3) is 3.72. The second kappa shape index (κ2) is 7.42. The fourth-order valence-corrected chi connectivity index (χ4v) is 4.21. The molecule has 132 valence electrons. The third-order valence-corrected chi connectivity index (χ3v) is 4.48. The van der Waals surface area contributed by atoms with E-state index in [1.165, 1.54) is 12.1 Å². The van der Waals surface area contributed by atoms with E-state index in [4.69, 9.17) is 9.84 Å². The smallest absolute Gasteiger partial charge is 0.347 e. The molecule has 2 rings (SSSR count). The first kappa shape index (κ1) is 19.9. The molecule has 0 saturated carbocycles. The van der Waals surface area contributed by atoms with E-state index in [9.17, 15) is 27.2 Å². The van der Waals surface area contributed by atoms with Crippen LogP contribution in [0.15, 0.2) is 25.6 Å². The summed E-state index contributed by atoms with van der Waals surface area (Å²) >= 11 is 9.25. The van der Waals surface area contributed by atoms with Gasteiger partial charge in [-0.15, -0.1) is 0 Å². The average molecular weight is 551 g/mol. The molecule has 11 heteroatoms. The number of benzene rings is 2. The zero-order valence-electron chi connectivity index (χ0n) is 11.5. The quantitative estimate of drug-likeness (QED) is 0.182. The van der Waals surface area contributed by atoms with Crippen LogP contribution in [0.4, 0.5) is 17.6 Å². The summed E-state index contributed by atoms with van der Waals surface area (Å²) in [6.45, 7) is 0. The van der Waals surface area contributed by atoms with Gasteiger partial charge in [0.25, 0.3) is 0 Å². The molecule has 0 radical (unpaired) electrons. The second-order valence-corrected chi connectivity index (χ2v) is 7.02. The van der Waals surface area contributed by atoms with E-state index in [1.807, 2.05) is 0 Å². The van der Waals surface area contributed by atoms with Crippen LogP contribution in [0.2, 0.25) is 0 Å². The van der Waals surface area contributed by atoms with Crippen molar-refractivity contribution in [3.8, 4) is 5.75 Å². The average Bonchev–Trinajstić information content (AvgIpc) is 2.51. The number of carbonyl (C=O) groups excluding carboxylic acids is 1. The molecule has 0 aliphatic carbocycles. The number of carboxylic acids is 1. The molecule has 4 nitrogen and oxygen atoms in total. The van der Waals surface area contributed by atoms with Gasteiger partial charge in [0.15, 0.2) is 29.0 Å². The third-order valence-electron chi connectivity index (χ3n) is 2.84. The highest BCUT2D eigenvalue weighted by molar-refractivity contribution is 9.11. The van der Waals surface area contributed by atoms with E-state index >= 15 is 0 Å². The first-order valence-corrected chi connectivity index (χ1v) is 8.40. The zero-order chi connectivity index (χ0) is 19.0. The Bertz CT molecular complexity index is 895. The minimum absolute atomic E-state index is 0.183. The van der Waals surface area contributed by atoms with Crippen molar-refractivity contribution in [2.45, 2.75) is 0 Å². The lowest BCUT2D eigenvalue weighted by molar-refractivity contribution is 0.0655. The maximum Gasteiger partial charge on any atom is 0.347 e. The molecule has 0 unspecified atom stereocenters. The number of hydrogen-bond acceptors (Lipinski definition) is 3. The molecule has 0 bridgehead atoms. The van der Waals surface area contributed by atoms with E-state index in [2.05, 4.69) is 47.8 Å². The summed E-state index contributed by atoms with van der Waals surface area (Å²) in [5, 5.41) is 8.92. The Morgan fingerprint density at radius 3 is 1.72 bits per heavy atom. The number of halogens is 7. The van der Waals surface area contributed by atoms with Crippen molar-refractivity contribution in [3.63, 3.8) is 0 Å². The number of rotatable bonds is 3. The molecule has 0 heterocycles. The molecule has 0 spiro atoms. The van der Waals surface area contributed by atoms with Gasteiger partial charge >= 0.3 is 11.9 Å². The largest absolute Gasteiger partial charge is 0.478 e. The molecule has 2 aromatic rings. The number of hydrogen-bond donors (Lipinski definition) is 1. The Hall–Kier alpha value is -1.46. The van der Waals surface area contributed by atoms with Gasteiger partial charge in [0.05, 0.1) is 8.95 Å². The van der Waals surface area contributed by atoms with Crippen LogP contribution in [0, 0.1) is 23.3 Å². The minimum Gasteiger partial charge on any atom is -0.478 e. The monoisotopic (exact) mass is 548 g/mol. The number of esters is 1. The number of aromatic carboxylic acids is 1. The Labute approximate surface area is 162 Å². The van der Waals surface area contributed by atoms with Gasteiger partial charge in [0.2, 0.25) is 0 Å². The van der Waals surface area contributed by atoms with E-state index in [0.29, 0.717) is 4.47 Å². The normalized spacial score (nSPS) is 10.7. The van der Waals surface area contributed by atoms with Gasteiger partial charge in [-0.25, -0.2) is 27.2 Å². The summed E-state index contributed by atoms with van der Waals surface area (Å²) in [4.78, 5) is 23.2. The molecule has 1 N–H and O–H groups in total. The van der Waals surface area contributed by atoms with E-state index in [0.717, 1.165) is 0 Å². The van der Waals surface area contributed by atoms with Gasteiger partial charge in [-0.3, -0.25) is 0 Å². The first-order chi connectivity index (χ1) is 11.6. The van der Waals surface area contributed by atoms with Gasteiger partial charge in [0, 0.05) is 4.47 Å². The Balaban J connectivity index is 2.63. The van der Waals surface area contributed by atoms with Gasteiger partial charge < -0.3 is 9.84 Å². The fraction of sp³-hybridized carbons (Fsp3) is 0. The maximum absolute atomic E-state index is 13.9. The van der Waals surface area contributed by atoms with Crippen molar-refractivity contribution in [1.29, 1.82) is 0 Å². The summed E-state index contributed by atoms with van der Waals surface area (Å²) in [7, 11) is 0. The molecule has 2 aromatic carbocycles. The van der Waals surface area contributed by atoms with Crippen molar-refractivity contribution in [2.24, 2.45) is 0 Å². The first-order valence-electron chi connectivity index (χ1n) is 6.02. The van der Waals surface area contributed by atoms with Crippen LogP contribution in [0.25, 0.3) is 0 Å². The molecule has 0 aromatic heterocycles. The predicted octanol–water partition coefficient (Wildman–Crippen LogP) is 5.45. The van der Waals surface area contributed by atoms with Crippen molar-refractivity contribution in [1.82, 2.24) is 0 Å². The SMILES string of the molecule is O=C(O)c1c(F)c(F)c(F)c(F)c1C(=O)Oc1c(Br)cc(Br)cc1Br. The van der Waals surface area contributed by atoms with Gasteiger partial charge in [-0.2, -0.15) is 0 Å². The summed E-state index contributed by atoms with van der Waals surface area (Å²) in [5.41, 5.74) is -3.25. The highest BCUT2D eigenvalue weighted by Crippen LogP contribution is 2.37. The number of ether oxygens (including phenoxy) is 1. The highest BCUT2D eigenvalue weighted by atomic mass is 79.9. The molecule has 0 aliphatic rings. The summed E-state index contributed by atoms with van der Waals surface area (Å²) in [6.07, 6.45) is 0. The maximum atomic E-state index is 13.9. The van der Waals surface area contributed by atoms with Crippen LogP contribution in [-0.2, 0) is 0 Å². The van der Waals surface area contributed by atoms with Crippen LogP contribution in [0.5, 0.6) is 5.75 Å². The fourth-order valence-electron chi connectivity index (χ4n) is 1.79. The highest BCUT2D eigenvalue weighted by Gasteiger charge is 2.34. The zero-order valence-corrected chi connectivity index (χ0v) is 16.2. The van der Waals surface area contributed by atoms with Crippen LogP contribution in [-0.4, -0.2) is 17.0 Å². The van der Waals surface area contributed by atoms with Crippen molar-refractivity contribution in [2.75, 3.05) is 0 Å². The Morgan fingerprint density at radius 1 is 0.840 bits per heavy atom. The predicted molar refractivity (Wildman–Crippen MR) is 87.7 cm³/mol. The molecular weight excluding hydrogens is 548 g/mol. The molecular formula is C14H3Br3F4O4. The molecule has 0 saturated heterocycles. The lowest BCUT2D eigenvalue weighted by Gasteiger charge is -2.12. The molecule has 0 aliphatic heterocycles. The van der Waals surface area contributed by atoms with Crippen molar-refractivity contribution < 1.29 is 37.0 Å². The van der Waals surface area contributed by atoms with Crippen LogP contribution >= 0.6 is 47.8 Å². The molecule has 0 amide bonds. The summed E-state index contributed by atoms with van der Waals surface area (Å²) in [6, 6.07) is 2.88. The Morgan fingerprint density at radius 2 is 1.28 bits per heavy atom. The summed E-state index contributed by atoms with van der Waals surface area (Å²) < 4.78 is 59.9. The van der Waals surface area contributed by atoms with E-state index in [1.54, 1.807) is 0 Å². The van der Waals surface area contributed by atoms with Crippen LogP contribution in [0.1, 0.15) is 20.7 Å². The Kier molecular flexibility index (Phi) is 5.89. The standard InChI is InChI=1S/C14H3Br3F4O4/c15-3-1-4(16)12(5(17)2-3)25-14(24)7-6(13(22)23)8(18)10(20)11(21)9(7)19/h1-2H,(H,22,23).